The number of nitrogens with zero attached hydrogens (tertiary/aromatic N) is 2. The monoisotopic (exact) mass is 320 g/mol. The van der Waals surface area contributed by atoms with Crippen LogP contribution in [0.2, 0.25) is 0 Å². The van der Waals surface area contributed by atoms with Gasteiger partial charge in [0.1, 0.15) is 0 Å². The molecule has 3 nitrogen and oxygen atoms in total. The van der Waals surface area contributed by atoms with Crippen LogP contribution in [0.3, 0.4) is 0 Å². The molecule has 0 radical (unpaired) electrons. The summed E-state index contributed by atoms with van der Waals surface area (Å²) in [5, 5.41) is 0. The molecule has 2 heterocycles. The quantitative estimate of drug-likeness (QED) is 0.867. The maximum atomic E-state index is 12.9. The Hall–Kier alpha value is -2.13. The number of carbonyl (C=O) groups is 1. The number of amides is 1. The lowest BCUT2D eigenvalue weighted by Crippen LogP contribution is -2.40. The summed E-state index contributed by atoms with van der Waals surface area (Å²) in [7, 11) is 0. The van der Waals surface area contributed by atoms with Crippen molar-refractivity contribution >= 4 is 5.91 Å². The van der Waals surface area contributed by atoms with Gasteiger partial charge in [-0.15, -0.1) is 0 Å². The van der Waals surface area contributed by atoms with Gasteiger partial charge >= 0.3 is 0 Å². The van der Waals surface area contributed by atoms with Crippen LogP contribution in [0.25, 0.3) is 0 Å². The number of fused-ring (bicyclic) bond motifs is 1. The molecule has 1 atom stereocenters. The van der Waals surface area contributed by atoms with Gasteiger partial charge < -0.3 is 4.90 Å². The minimum Gasteiger partial charge on any atom is -0.338 e. The van der Waals surface area contributed by atoms with Crippen molar-refractivity contribution in [2.24, 2.45) is 5.92 Å². The van der Waals surface area contributed by atoms with Crippen molar-refractivity contribution < 1.29 is 4.79 Å². The second-order valence-electron chi connectivity index (χ2n) is 6.98. The molecule has 2 aliphatic rings. The van der Waals surface area contributed by atoms with Gasteiger partial charge in [-0.05, 0) is 36.1 Å². The van der Waals surface area contributed by atoms with Crippen LogP contribution in [0.15, 0.2) is 54.6 Å². The van der Waals surface area contributed by atoms with E-state index in [1.165, 1.54) is 16.7 Å². The van der Waals surface area contributed by atoms with Gasteiger partial charge in [-0.25, -0.2) is 0 Å². The van der Waals surface area contributed by atoms with Crippen molar-refractivity contribution in [3.05, 3.63) is 71.3 Å². The lowest BCUT2D eigenvalue weighted by atomic mass is 9.98. The van der Waals surface area contributed by atoms with Gasteiger partial charge in [0.05, 0.1) is 5.92 Å². The van der Waals surface area contributed by atoms with Gasteiger partial charge in [0.15, 0.2) is 0 Å². The molecule has 124 valence electrons. The lowest BCUT2D eigenvalue weighted by Gasteiger charge is -2.31. The number of benzene rings is 2. The standard InChI is InChI=1S/C21H24N2O/c24-21(23-13-11-18-8-4-5-9-19(18)16-23)20-10-12-22(15-20)14-17-6-2-1-3-7-17/h1-9,20H,10-16H2. The highest BCUT2D eigenvalue weighted by molar-refractivity contribution is 5.79. The first-order valence-electron chi connectivity index (χ1n) is 8.91. The Balaban J connectivity index is 1.36. The first-order chi connectivity index (χ1) is 11.8. The molecule has 0 aromatic heterocycles. The summed E-state index contributed by atoms with van der Waals surface area (Å²) in [5.74, 6) is 0.513. The van der Waals surface area contributed by atoms with Crippen LogP contribution < -0.4 is 0 Å². The Morgan fingerprint density at radius 1 is 0.958 bits per heavy atom. The van der Waals surface area contributed by atoms with Crippen molar-refractivity contribution in [2.45, 2.75) is 25.9 Å². The first-order valence-corrected chi connectivity index (χ1v) is 8.91. The second kappa shape index (κ2) is 6.78. The van der Waals surface area contributed by atoms with E-state index in [0.29, 0.717) is 5.91 Å². The van der Waals surface area contributed by atoms with Crippen LogP contribution in [0.5, 0.6) is 0 Å². The summed E-state index contributed by atoms with van der Waals surface area (Å²) in [6.07, 6.45) is 1.98. The molecule has 0 aliphatic carbocycles. The Morgan fingerprint density at radius 2 is 1.71 bits per heavy atom. The van der Waals surface area contributed by atoms with E-state index in [4.69, 9.17) is 0 Å². The average Bonchev–Trinajstić information content (AvgIpc) is 3.10. The Bertz CT molecular complexity index is 713. The molecule has 1 saturated heterocycles. The molecular weight excluding hydrogens is 296 g/mol. The number of rotatable bonds is 3. The van der Waals surface area contributed by atoms with Crippen LogP contribution in [-0.2, 0) is 24.3 Å². The zero-order valence-corrected chi connectivity index (χ0v) is 14.0. The van der Waals surface area contributed by atoms with Crippen LogP contribution >= 0.6 is 0 Å². The van der Waals surface area contributed by atoms with Crippen LogP contribution in [0.4, 0.5) is 0 Å². The molecule has 24 heavy (non-hydrogen) atoms. The summed E-state index contributed by atoms with van der Waals surface area (Å²) in [4.78, 5) is 17.4. The average molecular weight is 320 g/mol. The molecule has 3 heteroatoms. The highest BCUT2D eigenvalue weighted by Gasteiger charge is 2.32. The minimum atomic E-state index is 0.166. The third-order valence-electron chi connectivity index (χ3n) is 5.31. The Kier molecular flexibility index (Phi) is 4.35. The Morgan fingerprint density at radius 3 is 2.54 bits per heavy atom. The van der Waals surface area contributed by atoms with Crippen molar-refractivity contribution in [1.29, 1.82) is 0 Å². The van der Waals surface area contributed by atoms with E-state index in [2.05, 4.69) is 58.3 Å². The molecule has 1 fully saturated rings. The zero-order valence-electron chi connectivity index (χ0n) is 14.0. The van der Waals surface area contributed by atoms with E-state index < -0.39 is 0 Å². The third-order valence-corrected chi connectivity index (χ3v) is 5.31. The molecule has 2 aromatic rings. The van der Waals surface area contributed by atoms with Crippen molar-refractivity contribution in [2.75, 3.05) is 19.6 Å². The van der Waals surface area contributed by atoms with E-state index in [1.54, 1.807) is 0 Å². The van der Waals surface area contributed by atoms with Crippen LogP contribution in [-0.4, -0.2) is 35.3 Å². The molecule has 2 aromatic carbocycles. The maximum absolute atomic E-state index is 12.9. The predicted molar refractivity (Wildman–Crippen MR) is 95.4 cm³/mol. The minimum absolute atomic E-state index is 0.166. The maximum Gasteiger partial charge on any atom is 0.227 e. The van der Waals surface area contributed by atoms with E-state index in [0.717, 1.165) is 45.6 Å². The van der Waals surface area contributed by atoms with Gasteiger partial charge in [0, 0.05) is 26.2 Å². The summed E-state index contributed by atoms with van der Waals surface area (Å²) in [6.45, 7) is 4.52. The number of hydrogen-bond donors (Lipinski definition) is 0. The smallest absolute Gasteiger partial charge is 0.227 e. The highest BCUT2D eigenvalue weighted by atomic mass is 16.2. The van der Waals surface area contributed by atoms with Gasteiger partial charge in [0.2, 0.25) is 5.91 Å². The van der Waals surface area contributed by atoms with Gasteiger partial charge in [0.25, 0.3) is 0 Å². The molecule has 1 unspecified atom stereocenters. The highest BCUT2D eigenvalue weighted by Crippen LogP contribution is 2.25. The fourth-order valence-corrected chi connectivity index (χ4v) is 3.96. The van der Waals surface area contributed by atoms with E-state index in [1.807, 2.05) is 6.07 Å². The van der Waals surface area contributed by atoms with Gasteiger partial charge in [-0.1, -0.05) is 54.6 Å². The molecule has 1 amide bonds. The molecule has 2 aliphatic heterocycles. The molecular formula is C21H24N2O. The SMILES string of the molecule is O=C(C1CCN(Cc2ccccc2)C1)N1CCc2ccccc2C1. The molecule has 4 rings (SSSR count). The summed E-state index contributed by atoms with van der Waals surface area (Å²) in [5.41, 5.74) is 4.05. The largest absolute Gasteiger partial charge is 0.338 e. The zero-order chi connectivity index (χ0) is 16.4. The summed E-state index contributed by atoms with van der Waals surface area (Å²) >= 11 is 0. The lowest BCUT2D eigenvalue weighted by molar-refractivity contribution is -0.136. The fourth-order valence-electron chi connectivity index (χ4n) is 3.96. The number of likely N-dealkylation sites (tertiary alicyclic amines) is 1. The van der Waals surface area contributed by atoms with Crippen LogP contribution in [0, 0.1) is 5.92 Å². The number of hydrogen-bond acceptors (Lipinski definition) is 2. The second-order valence-corrected chi connectivity index (χ2v) is 6.98. The molecule has 0 spiro atoms. The van der Waals surface area contributed by atoms with Gasteiger partial charge in [-0.3, -0.25) is 9.69 Å². The van der Waals surface area contributed by atoms with Gasteiger partial charge in [-0.2, -0.15) is 0 Å². The number of carbonyl (C=O) groups excluding carboxylic acids is 1. The van der Waals surface area contributed by atoms with Crippen molar-refractivity contribution in [3.63, 3.8) is 0 Å². The molecule has 0 N–H and O–H groups in total. The summed E-state index contributed by atoms with van der Waals surface area (Å²) in [6, 6.07) is 19.1. The first kappa shape index (κ1) is 15.4. The van der Waals surface area contributed by atoms with Crippen LogP contribution in [0.1, 0.15) is 23.1 Å². The molecule has 0 saturated carbocycles. The fraction of sp³-hybridized carbons (Fsp3) is 0.381. The molecule has 0 bridgehead atoms. The normalized spacial score (nSPS) is 20.8. The van der Waals surface area contributed by atoms with Crippen molar-refractivity contribution in [1.82, 2.24) is 9.80 Å². The third kappa shape index (κ3) is 3.22. The van der Waals surface area contributed by atoms with Crippen molar-refractivity contribution in [3.8, 4) is 0 Å². The topological polar surface area (TPSA) is 23.6 Å². The van der Waals surface area contributed by atoms with E-state index >= 15 is 0 Å². The predicted octanol–water partition coefficient (Wildman–Crippen LogP) is 3.09. The van der Waals surface area contributed by atoms with E-state index in [9.17, 15) is 4.79 Å². The Labute approximate surface area is 143 Å². The summed E-state index contributed by atoms with van der Waals surface area (Å²) < 4.78 is 0. The van der Waals surface area contributed by atoms with E-state index in [-0.39, 0.29) is 5.92 Å².